The van der Waals surface area contributed by atoms with Crippen LogP contribution in [0.4, 0.5) is 0 Å². The number of ether oxygens (including phenoxy) is 1. The Morgan fingerprint density at radius 3 is 2.67 bits per heavy atom. The van der Waals surface area contributed by atoms with E-state index in [2.05, 4.69) is 24.5 Å². The highest BCUT2D eigenvalue weighted by Crippen LogP contribution is 2.10. The number of carbonyl (C=O) groups excluding carboxylic acids is 1. The summed E-state index contributed by atoms with van der Waals surface area (Å²) >= 11 is 0. The summed E-state index contributed by atoms with van der Waals surface area (Å²) in [6.45, 7) is 7.44. The highest BCUT2D eigenvalue weighted by Gasteiger charge is 2.05. The predicted octanol–water partition coefficient (Wildman–Crippen LogP) is 1.95. The summed E-state index contributed by atoms with van der Waals surface area (Å²) in [7, 11) is 1.63. The second-order valence-electron chi connectivity index (χ2n) is 4.71. The van der Waals surface area contributed by atoms with Gasteiger partial charge in [-0.1, -0.05) is 33.1 Å². The first-order valence-corrected chi connectivity index (χ1v) is 7.20. The molecular formula is C14H30N2O2. The number of hydrogen-bond acceptors (Lipinski definition) is 3. The van der Waals surface area contributed by atoms with E-state index >= 15 is 0 Å². The predicted molar refractivity (Wildman–Crippen MR) is 75.7 cm³/mol. The van der Waals surface area contributed by atoms with Crippen molar-refractivity contribution in [3.63, 3.8) is 0 Å². The van der Waals surface area contributed by atoms with Gasteiger partial charge in [-0.05, 0) is 18.9 Å². The van der Waals surface area contributed by atoms with E-state index in [-0.39, 0.29) is 5.91 Å². The van der Waals surface area contributed by atoms with Gasteiger partial charge in [-0.15, -0.1) is 0 Å². The van der Waals surface area contributed by atoms with Gasteiger partial charge in [-0.25, -0.2) is 0 Å². The molecule has 0 radical (unpaired) electrons. The SMILES string of the molecule is CCCCC(CC)CNCCC(=O)NCCOC. The van der Waals surface area contributed by atoms with Gasteiger partial charge in [0, 0.05) is 26.6 Å². The highest BCUT2D eigenvalue weighted by atomic mass is 16.5. The number of carbonyl (C=O) groups is 1. The molecule has 0 spiro atoms. The number of nitrogens with one attached hydrogen (secondary N) is 2. The average Bonchev–Trinajstić information content (AvgIpc) is 2.38. The van der Waals surface area contributed by atoms with E-state index in [1.54, 1.807) is 7.11 Å². The first kappa shape index (κ1) is 17.4. The third-order valence-corrected chi connectivity index (χ3v) is 3.13. The van der Waals surface area contributed by atoms with Crippen LogP contribution in [0.3, 0.4) is 0 Å². The smallest absolute Gasteiger partial charge is 0.221 e. The molecule has 0 fully saturated rings. The minimum absolute atomic E-state index is 0.0983. The average molecular weight is 258 g/mol. The molecule has 2 N–H and O–H groups in total. The maximum atomic E-state index is 11.4. The molecule has 108 valence electrons. The molecule has 0 aromatic carbocycles. The Bertz CT molecular complexity index is 198. The van der Waals surface area contributed by atoms with Crippen LogP contribution in [0.5, 0.6) is 0 Å². The summed E-state index contributed by atoms with van der Waals surface area (Å²) in [4.78, 5) is 11.4. The topological polar surface area (TPSA) is 50.4 Å². The summed E-state index contributed by atoms with van der Waals surface area (Å²) < 4.78 is 4.87. The fraction of sp³-hybridized carbons (Fsp3) is 0.929. The molecule has 1 amide bonds. The van der Waals surface area contributed by atoms with Gasteiger partial charge in [0.15, 0.2) is 0 Å². The minimum atomic E-state index is 0.0983. The molecule has 4 nitrogen and oxygen atoms in total. The lowest BCUT2D eigenvalue weighted by atomic mass is 9.99. The molecule has 18 heavy (non-hydrogen) atoms. The minimum Gasteiger partial charge on any atom is -0.383 e. The second-order valence-corrected chi connectivity index (χ2v) is 4.71. The Kier molecular flexibility index (Phi) is 12.4. The molecule has 1 atom stereocenters. The molecular weight excluding hydrogens is 228 g/mol. The van der Waals surface area contributed by atoms with E-state index in [1.807, 2.05) is 0 Å². The van der Waals surface area contributed by atoms with Crippen molar-refractivity contribution in [1.82, 2.24) is 10.6 Å². The quantitative estimate of drug-likeness (QED) is 0.526. The molecule has 0 aliphatic heterocycles. The van der Waals surface area contributed by atoms with Crippen LogP contribution in [0, 0.1) is 5.92 Å². The Morgan fingerprint density at radius 1 is 1.28 bits per heavy atom. The van der Waals surface area contributed by atoms with Crippen molar-refractivity contribution in [3.05, 3.63) is 0 Å². The van der Waals surface area contributed by atoms with Crippen LogP contribution < -0.4 is 10.6 Å². The van der Waals surface area contributed by atoms with Gasteiger partial charge in [-0.2, -0.15) is 0 Å². The van der Waals surface area contributed by atoms with Crippen LogP contribution in [0.1, 0.15) is 46.0 Å². The van der Waals surface area contributed by atoms with Gasteiger partial charge in [-0.3, -0.25) is 4.79 Å². The summed E-state index contributed by atoms with van der Waals surface area (Å²) in [5.74, 6) is 0.850. The van der Waals surface area contributed by atoms with Crippen LogP contribution in [-0.4, -0.2) is 39.3 Å². The van der Waals surface area contributed by atoms with Crippen molar-refractivity contribution in [2.45, 2.75) is 46.0 Å². The van der Waals surface area contributed by atoms with Gasteiger partial charge in [0.25, 0.3) is 0 Å². The molecule has 0 saturated carbocycles. The zero-order valence-electron chi connectivity index (χ0n) is 12.3. The van der Waals surface area contributed by atoms with E-state index in [1.165, 1.54) is 25.7 Å². The Balaban J connectivity index is 3.43. The number of unbranched alkanes of at least 4 members (excludes halogenated alkanes) is 1. The lowest BCUT2D eigenvalue weighted by Crippen LogP contribution is -2.31. The summed E-state index contributed by atoms with van der Waals surface area (Å²) in [6.07, 6.45) is 5.62. The van der Waals surface area contributed by atoms with E-state index in [0.29, 0.717) is 19.6 Å². The number of rotatable bonds is 12. The van der Waals surface area contributed by atoms with Crippen molar-refractivity contribution >= 4 is 5.91 Å². The fourth-order valence-corrected chi connectivity index (χ4v) is 1.83. The van der Waals surface area contributed by atoms with Gasteiger partial charge in [0.1, 0.15) is 0 Å². The van der Waals surface area contributed by atoms with E-state index < -0.39 is 0 Å². The molecule has 0 aliphatic rings. The van der Waals surface area contributed by atoms with Crippen molar-refractivity contribution < 1.29 is 9.53 Å². The van der Waals surface area contributed by atoms with Crippen LogP contribution in [0.15, 0.2) is 0 Å². The van der Waals surface area contributed by atoms with E-state index in [0.717, 1.165) is 19.0 Å². The Morgan fingerprint density at radius 2 is 2.06 bits per heavy atom. The van der Waals surface area contributed by atoms with Crippen molar-refractivity contribution in [2.75, 3.05) is 33.4 Å². The zero-order valence-corrected chi connectivity index (χ0v) is 12.3. The monoisotopic (exact) mass is 258 g/mol. The van der Waals surface area contributed by atoms with Crippen molar-refractivity contribution in [3.8, 4) is 0 Å². The second kappa shape index (κ2) is 12.8. The maximum absolute atomic E-state index is 11.4. The molecule has 0 aliphatic carbocycles. The highest BCUT2D eigenvalue weighted by molar-refractivity contribution is 5.75. The van der Waals surface area contributed by atoms with Crippen molar-refractivity contribution in [2.24, 2.45) is 5.92 Å². The summed E-state index contributed by atoms with van der Waals surface area (Å²) in [6, 6.07) is 0. The summed E-state index contributed by atoms with van der Waals surface area (Å²) in [5.41, 5.74) is 0. The number of methoxy groups -OCH3 is 1. The van der Waals surface area contributed by atoms with Gasteiger partial charge >= 0.3 is 0 Å². The molecule has 4 heteroatoms. The maximum Gasteiger partial charge on any atom is 0.221 e. The largest absolute Gasteiger partial charge is 0.383 e. The number of hydrogen-bond donors (Lipinski definition) is 2. The van der Waals surface area contributed by atoms with Crippen LogP contribution in [-0.2, 0) is 9.53 Å². The van der Waals surface area contributed by atoms with Crippen molar-refractivity contribution in [1.29, 1.82) is 0 Å². The van der Waals surface area contributed by atoms with Gasteiger partial charge in [0.05, 0.1) is 6.61 Å². The zero-order chi connectivity index (χ0) is 13.6. The first-order valence-electron chi connectivity index (χ1n) is 7.20. The Hall–Kier alpha value is -0.610. The van der Waals surface area contributed by atoms with Crippen LogP contribution in [0.2, 0.25) is 0 Å². The van der Waals surface area contributed by atoms with Crippen LogP contribution >= 0.6 is 0 Å². The molecule has 0 bridgehead atoms. The molecule has 0 aromatic heterocycles. The lowest BCUT2D eigenvalue weighted by molar-refractivity contribution is -0.121. The first-order chi connectivity index (χ1) is 8.74. The van der Waals surface area contributed by atoms with Gasteiger partial charge < -0.3 is 15.4 Å². The van der Waals surface area contributed by atoms with Gasteiger partial charge in [0.2, 0.25) is 5.91 Å². The molecule has 0 saturated heterocycles. The molecule has 0 rings (SSSR count). The third-order valence-electron chi connectivity index (χ3n) is 3.13. The molecule has 0 aromatic rings. The van der Waals surface area contributed by atoms with E-state index in [9.17, 15) is 4.79 Å². The number of amides is 1. The molecule has 1 unspecified atom stereocenters. The fourth-order valence-electron chi connectivity index (χ4n) is 1.83. The lowest BCUT2D eigenvalue weighted by Gasteiger charge is -2.15. The standard InChI is InChI=1S/C14H30N2O2/c1-4-6-7-13(5-2)12-15-9-8-14(17)16-10-11-18-3/h13,15H,4-12H2,1-3H3,(H,16,17). The van der Waals surface area contributed by atoms with E-state index in [4.69, 9.17) is 4.74 Å². The van der Waals surface area contributed by atoms with Crippen LogP contribution in [0.25, 0.3) is 0 Å². The normalized spacial score (nSPS) is 12.4. The summed E-state index contributed by atoms with van der Waals surface area (Å²) in [5, 5.41) is 6.19. The molecule has 0 heterocycles. The third kappa shape index (κ3) is 10.5. The Labute approximate surface area is 112 Å².